The third-order valence-electron chi connectivity index (χ3n) is 6.96. The van der Waals surface area contributed by atoms with Crippen LogP contribution < -0.4 is 24.0 Å². The van der Waals surface area contributed by atoms with Gasteiger partial charge in [0.25, 0.3) is 0 Å². The van der Waals surface area contributed by atoms with Gasteiger partial charge in [0.2, 0.25) is 5.91 Å². The average Bonchev–Trinajstić information content (AvgIpc) is 2.81. The number of rotatable bonds is 23. The van der Waals surface area contributed by atoms with Crippen molar-refractivity contribution in [3.63, 3.8) is 0 Å². The fraction of sp³-hybridized carbons (Fsp3) is 0.929. The molecule has 228 valence electrons. The zero-order chi connectivity index (χ0) is 29.3. The second kappa shape index (κ2) is 25.0. The lowest BCUT2D eigenvalue weighted by atomic mass is 10.0. The van der Waals surface area contributed by atoms with Crippen LogP contribution in [0.3, 0.4) is 0 Å². The largest absolute Gasteiger partial charge is 0.460 e. The maximum atomic E-state index is 12.0. The SMILES string of the molecule is CCCCCCCCCCCCCCCCCC(=O)NCCC[N+](C)(C)C(C)COC(C)=O.[O-][Cl+3]([O-])([O-])[O-]. The fourth-order valence-electron chi connectivity index (χ4n) is 4.12. The van der Waals surface area contributed by atoms with Crippen LogP contribution in [0.25, 0.3) is 0 Å². The number of hydrogen-bond donors (Lipinski definition) is 1. The van der Waals surface area contributed by atoms with Gasteiger partial charge < -0.3 is 14.5 Å². The van der Waals surface area contributed by atoms with Gasteiger partial charge in [-0.05, 0) is 13.3 Å². The maximum absolute atomic E-state index is 12.0. The van der Waals surface area contributed by atoms with Gasteiger partial charge in [-0.15, -0.1) is 10.2 Å². The molecule has 0 heterocycles. The van der Waals surface area contributed by atoms with Crippen LogP contribution in [0, 0.1) is 10.2 Å². The molecule has 0 rings (SSSR count). The van der Waals surface area contributed by atoms with Crippen molar-refractivity contribution >= 4 is 11.9 Å². The standard InChI is InChI=1S/C28H56N2O3.ClHO4/c1-6-7-8-9-10-11-12-13-14-15-16-17-18-19-20-22-28(32)29-23-21-24-30(4,5)26(2)25-33-27(3)31;2-1(3,4)5/h26H,6-25H2,1-5H3;(H,2,3,4,5). The molecule has 0 saturated heterocycles. The van der Waals surface area contributed by atoms with Gasteiger partial charge in [-0.3, -0.25) is 9.59 Å². The predicted molar refractivity (Wildman–Crippen MR) is 140 cm³/mol. The molecule has 0 saturated carbocycles. The minimum atomic E-state index is -4.94. The van der Waals surface area contributed by atoms with E-state index in [1.165, 1.54) is 96.8 Å². The molecular formula is C28H57ClN2O7. The number of quaternary nitrogens is 1. The highest BCUT2D eigenvalue weighted by Crippen LogP contribution is 2.14. The Morgan fingerprint density at radius 1 is 0.763 bits per heavy atom. The van der Waals surface area contributed by atoms with Crippen LogP contribution >= 0.6 is 0 Å². The Bertz CT molecular complexity index is 566. The first-order valence-electron chi connectivity index (χ1n) is 14.6. The molecule has 0 aliphatic rings. The molecule has 1 amide bonds. The van der Waals surface area contributed by atoms with E-state index in [2.05, 4.69) is 33.3 Å². The summed E-state index contributed by atoms with van der Waals surface area (Å²) in [6, 6.07) is 0.241. The van der Waals surface area contributed by atoms with Crippen molar-refractivity contribution < 1.29 is 47.7 Å². The fourth-order valence-corrected chi connectivity index (χ4v) is 4.12. The third kappa shape index (κ3) is 33.1. The van der Waals surface area contributed by atoms with Gasteiger partial charge in [0.15, 0.2) is 0 Å². The van der Waals surface area contributed by atoms with Crippen LogP contribution in [0.15, 0.2) is 0 Å². The van der Waals surface area contributed by atoms with Crippen molar-refractivity contribution in [2.45, 2.75) is 136 Å². The van der Waals surface area contributed by atoms with Gasteiger partial charge in [-0.1, -0.05) is 96.8 Å². The molecule has 1 unspecified atom stereocenters. The van der Waals surface area contributed by atoms with Crippen molar-refractivity contribution in [1.82, 2.24) is 5.32 Å². The molecule has 0 fully saturated rings. The van der Waals surface area contributed by atoms with Crippen LogP contribution in [-0.4, -0.2) is 56.2 Å². The summed E-state index contributed by atoms with van der Waals surface area (Å²) in [6.45, 7) is 7.92. The van der Waals surface area contributed by atoms with Crippen molar-refractivity contribution in [3.05, 3.63) is 0 Å². The van der Waals surface area contributed by atoms with Gasteiger partial charge in [0.1, 0.15) is 12.6 Å². The normalized spacial score (nSPS) is 12.4. The summed E-state index contributed by atoms with van der Waals surface area (Å²) < 4.78 is 39.9. The average molecular weight is 569 g/mol. The minimum Gasteiger partial charge on any atom is -0.460 e. The zero-order valence-corrected chi connectivity index (χ0v) is 25.7. The summed E-state index contributed by atoms with van der Waals surface area (Å²) in [4.78, 5) is 23.0. The van der Waals surface area contributed by atoms with E-state index in [0.717, 1.165) is 30.4 Å². The number of unbranched alkanes of at least 4 members (excludes halogenated alkanes) is 14. The molecule has 0 bridgehead atoms. The van der Waals surface area contributed by atoms with Gasteiger partial charge in [0.05, 0.1) is 20.6 Å². The first-order valence-corrected chi connectivity index (χ1v) is 15.9. The highest BCUT2D eigenvalue weighted by Gasteiger charge is 2.24. The Hall–Kier alpha value is -0.970. The smallest absolute Gasteiger partial charge is 0.302 e. The Morgan fingerprint density at radius 3 is 1.55 bits per heavy atom. The summed E-state index contributed by atoms with van der Waals surface area (Å²) in [5.74, 6) is -0.0455. The van der Waals surface area contributed by atoms with Crippen LogP contribution in [-0.2, 0) is 14.3 Å². The van der Waals surface area contributed by atoms with E-state index in [9.17, 15) is 9.59 Å². The molecule has 0 radical (unpaired) electrons. The Labute approximate surface area is 234 Å². The van der Waals surface area contributed by atoms with E-state index >= 15 is 0 Å². The predicted octanol–water partition coefficient (Wildman–Crippen LogP) is 2.03. The molecule has 0 aromatic heterocycles. The molecule has 0 spiro atoms. The number of esters is 1. The molecule has 0 aromatic rings. The lowest BCUT2D eigenvalue weighted by molar-refractivity contribution is -2.00. The van der Waals surface area contributed by atoms with E-state index in [0.29, 0.717) is 13.0 Å². The molecular weight excluding hydrogens is 512 g/mol. The number of amides is 1. The van der Waals surface area contributed by atoms with Crippen molar-refractivity contribution in [3.8, 4) is 0 Å². The van der Waals surface area contributed by atoms with Crippen LogP contribution in [0.2, 0.25) is 0 Å². The molecule has 0 aliphatic carbocycles. The van der Waals surface area contributed by atoms with Gasteiger partial charge >= 0.3 is 5.97 Å². The number of nitrogens with one attached hydrogen (secondary N) is 1. The number of halogens is 1. The highest BCUT2D eigenvalue weighted by molar-refractivity contribution is 5.75. The van der Waals surface area contributed by atoms with E-state index in [4.69, 9.17) is 23.4 Å². The summed E-state index contributed by atoms with van der Waals surface area (Å²) in [5, 5.41) is 3.06. The molecule has 9 nitrogen and oxygen atoms in total. The monoisotopic (exact) mass is 568 g/mol. The molecule has 1 atom stereocenters. The summed E-state index contributed by atoms with van der Waals surface area (Å²) >= 11 is 0. The van der Waals surface area contributed by atoms with E-state index in [1.807, 2.05) is 0 Å². The Kier molecular flexibility index (Phi) is 25.8. The van der Waals surface area contributed by atoms with E-state index < -0.39 is 10.2 Å². The Morgan fingerprint density at radius 2 is 1.16 bits per heavy atom. The highest BCUT2D eigenvalue weighted by atomic mass is 35.7. The van der Waals surface area contributed by atoms with Gasteiger partial charge in [-0.2, -0.15) is 0 Å². The maximum Gasteiger partial charge on any atom is 0.302 e. The van der Waals surface area contributed by atoms with Crippen molar-refractivity contribution in [1.29, 1.82) is 0 Å². The lowest BCUT2D eigenvalue weighted by Gasteiger charge is -2.35. The summed E-state index contributed by atoms with van der Waals surface area (Å²) in [7, 11) is -0.656. The van der Waals surface area contributed by atoms with Crippen LogP contribution in [0.5, 0.6) is 0 Å². The second-order valence-electron chi connectivity index (χ2n) is 10.9. The van der Waals surface area contributed by atoms with E-state index in [1.54, 1.807) is 0 Å². The van der Waals surface area contributed by atoms with Crippen molar-refractivity contribution in [2.75, 3.05) is 33.8 Å². The molecule has 38 heavy (non-hydrogen) atoms. The quantitative estimate of drug-likeness (QED) is 0.113. The number of carbonyl (C=O) groups excluding carboxylic acids is 2. The molecule has 10 heteroatoms. The van der Waals surface area contributed by atoms with E-state index in [-0.39, 0.29) is 17.9 Å². The topological polar surface area (TPSA) is 148 Å². The van der Waals surface area contributed by atoms with Gasteiger partial charge in [0, 0.05) is 26.3 Å². The first-order chi connectivity index (χ1) is 17.8. The van der Waals surface area contributed by atoms with Crippen LogP contribution in [0.1, 0.15) is 130 Å². The molecule has 0 aromatic carbocycles. The zero-order valence-electron chi connectivity index (χ0n) is 24.9. The summed E-state index contributed by atoms with van der Waals surface area (Å²) in [5.41, 5.74) is 0. The molecule has 1 N–H and O–H groups in total. The lowest BCUT2D eigenvalue weighted by Crippen LogP contribution is -2.68. The third-order valence-corrected chi connectivity index (χ3v) is 6.96. The molecule has 0 aliphatic heterocycles. The number of nitrogens with zero attached hydrogens (tertiary/aromatic N) is 1. The minimum absolute atomic E-state index is 0.183. The van der Waals surface area contributed by atoms with Crippen molar-refractivity contribution in [2.24, 2.45) is 0 Å². The number of carbonyl (C=O) groups is 2. The van der Waals surface area contributed by atoms with Gasteiger partial charge in [-0.25, -0.2) is 18.6 Å². The number of ether oxygens (including phenoxy) is 1. The number of likely N-dealkylation sites (N-methyl/N-ethyl adjacent to an activating group) is 1. The Balaban J connectivity index is 0. The summed E-state index contributed by atoms with van der Waals surface area (Å²) in [6.07, 6.45) is 21.8. The van der Waals surface area contributed by atoms with Crippen LogP contribution in [0.4, 0.5) is 0 Å². The first kappa shape index (κ1) is 39.2. The number of hydrogen-bond acceptors (Lipinski definition) is 7. The second-order valence-corrected chi connectivity index (χ2v) is 11.7.